The molecule has 5 heteroatoms. The van der Waals surface area contributed by atoms with Crippen molar-refractivity contribution in [3.8, 4) is 11.1 Å². The summed E-state index contributed by atoms with van der Waals surface area (Å²) in [5.74, 6) is 1.54. The summed E-state index contributed by atoms with van der Waals surface area (Å²) in [5.41, 5.74) is 3.47. The Labute approximate surface area is 123 Å². The van der Waals surface area contributed by atoms with Crippen LogP contribution in [0.15, 0.2) is 48.8 Å². The molecule has 0 saturated carbocycles. The van der Waals surface area contributed by atoms with Gasteiger partial charge >= 0.3 is 0 Å². The zero-order valence-corrected chi connectivity index (χ0v) is 12.1. The third-order valence-corrected chi connectivity index (χ3v) is 3.24. The molecule has 5 nitrogen and oxygen atoms in total. The fourth-order valence-electron chi connectivity index (χ4n) is 2.24. The molecule has 3 rings (SSSR count). The summed E-state index contributed by atoms with van der Waals surface area (Å²) in [6.07, 6.45) is 3.66. The Balaban J connectivity index is 1.76. The van der Waals surface area contributed by atoms with Crippen LogP contribution in [-0.4, -0.2) is 19.7 Å². The zero-order valence-electron chi connectivity index (χ0n) is 12.1. The van der Waals surface area contributed by atoms with Crippen LogP contribution in [-0.2, 0) is 13.6 Å². The lowest BCUT2D eigenvalue weighted by Crippen LogP contribution is -2.05. The molecule has 0 saturated heterocycles. The molecule has 0 aliphatic rings. The van der Waals surface area contributed by atoms with Crippen LogP contribution in [0.4, 0.5) is 5.95 Å². The van der Waals surface area contributed by atoms with Crippen molar-refractivity contribution in [2.75, 3.05) is 5.32 Å². The molecule has 0 amide bonds. The largest absolute Gasteiger partial charge is 0.350 e. The molecule has 1 N–H and O–H groups in total. The van der Waals surface area contributed by atoms with E-state index in [0.717, 1.165) is 22.9 Å². The van der Waals surface area contributed by atoms with E-state index < -0.39 is 0 Å². The highest BCUT2D eigenvalue weighted by atomic mass is 15.4. The minimum absolute atomic E-state index is 0.708. The van der Waals surface area contributed by atoms with Crippen molar-refractivity contribution in [2.24, 2.45) is 7.05 Å². The average molecular weight is 279 g/mol. The van der Waals surface area contributed by atoms with Crippen LogP contribution in [0, 0.1) is 6.92 Å². The third kappa shape index (κ3) is 3.08. The quantitative estimate of drug-likeness (QED) is 0.798. The molecule has 2 aromatic heterocycles. The smallest absolute Gasteiger partial charge is 0.221 e. The van der Waals surface area contributed by atoms with Crippen molar-refractivity contribution in [2.45, 2.75) is 13.5 Å². The van der Waals surface area contributed by atoms with Gasteiger partial charge in [-0.1, -0.05) is 24.3 Å². The first-order chi connectivity index (χ1) is 10.2. The van der Waals surface area contributed by atoms with Crippen LogP contribution in [0.25, 0.3) is 11.1 Å². The van der Waals surface area contributed by atoms with Gasteiger partial charge in [0.1, 0.15) is 5.82 Å². The number of hydrogen-bond donors (Lipinski definition) is 1. The molecular formula is C16H17N5. The maximum absolute atomic E-state index is 4.34. The van der Waals surface area contributed by atoms with Crippen molar-refractivity contribution in [3.05, 3.63) is 60.2 Å². The van der Waals surface area contributed by atoms with Crippen molar-refractivity contribution >= 4 is 5.95 Å². The van der Waals surface area contributed by atoms with Crippen molar-refractivity contribution in [1.29, 1.82) is 0 Å². The maximum Gasteiger partial charge on any atom is 0.221 e. The third-order valence-electron chi connectivity index (χ3n) is 3.24. The van der Waals surface area contributed by atoms with Gasteiger partial charge in [-0.3, -0.25) is 4.98 Å². The number of aryl methyl sites for hydroxylation is 2. The molecule has 0 bridgehead atoms. The molecule has 2 heterocycles. The Kier molecular flexibility index (Phi) is 3.64. The van der Waals surface area contributed by atoms with E-state index in [9.17, 15) is 0 Å². The standard InChI is InChI=1S/C16H17N5/c1-12-19-16(21(2)20-12)18-10-13-5-3-6-14(9-13)15-7-4-8-17-11-15/h3-9,11H,10H2,1-2H3,(H,18,19,20). The number of anilines is 1. The fraction of sp³-hybridized carbons (Fsp3) is 0.188. The summed E-state index contributed by atoms with van der Waals surface area (Å²) in [7, 11) is 1.88. The van der Waals surface area contributed by atoms with Crippen LogP contribution < -0.4 is 5.32 Å². The maximum atomic E-state index is 4.34. The number of rotatable bonds is 4. The molecule has 3 aromatic rings. The number of nitrogens with zero attached hydrogens (tertiary/aromatic N) is 4. The predicted octanol–water partition coefficient (Wildman–Crippen LogP) is 2.80. The Bertz CT molecular complexity index is 733. The van der Waals surface area contributed by atoms with Gasteiger partial charge in [-0.25, -0.2) is 4.68 Å². The molecule has 0 atom stereocenters. The van der Waals surface area contributed by atoms with Gasteiger partial charge in [0.05, 0.1) is 0 Å². The molecule has 0 aliphatic carbocycles. The minimum Gasteiger partial charge on any atom is -0.350 e. The highest BCUT2D eigenvalue weighted by Gasteiger charge is 2.04. The zero-order chi connectivity index (χ0) is 14.7. The van der Waals surface area contributed by atoms with E-state index in [1.54, 1.807) is 10.9 Å². The van der Waals surface area contributed by atoms with E-state index in [1.807, 2.05) is 26.2 Å². The molecule has 0 aliphatic heterocycles. The molecular weight excluding hydrogens is 262 g/mol. The summed E-state index contributed by atoms with van der Waals surface area (Å²) in [5, 5.41) is 7.53. The molecule has 0 fully saturated rings. The van der Waals surface area contributed by atoms with E-state index >= 15 is 0 Å². The lowest BCUT2D eigenvalue weighted by molar-refractivity contribution is 0.757. The van der Waals surface area contributed by atoms with Gasteiger partial charge in [0, 0.05) is 26.0 Å². The molecule has 1 aromatic carbocycles. The van der Waals surface area contributed by atoms with Crippen molar-refractivity contribution < 1.29 is 0 Å². The van der Waals surface area contributed by atoms with Gasteiger partial charge in [-0.15, -0.1) is 0 Å². The molecule has 21 heavy (non-hydrogen) atoms. The molecule has 106 valence electrons. The lowest BCUT2D eigenvalue weighted by Gasteiger charge is -2.07. The predicted molar refractivity (Wildman–Crippen MR) is 82.7 cm³/mol. The van der Waals surface area contributed by atoms with Gasteiger partial charge < -0.3 is 5.32 Å². The van der Waals surface area contributed by atoms with Crippen molar-refractivity contribution in [3.63, 3.8) is 0 Å². The number of pyridine rings is 1. The Morgan fingerprint density at radius 3 is 2.71 bits per heavy atom. The number of nitrogens with one attached hydrogen (secondary N) is 1. The topological polar surface area (TPSA) is 55.6 Å². The summed E-state index contributed by atoms with van der Waals surface area (Å²) >= 11 is 0. The van der Waals surface area contributed by atoms with E-state index in [2.05, 4.69) is 50.7 Å². The molecule has 0 spiro atoms. The average Bonchev–Trinajstić information content (AvgIpc) is 2.84. The monoisotopic (exact) mass is 279 g/mol. The molecule has 0 radical (unpaired) electrons. The van der Waals surface area contributed by atoms with Gasteiger partial charge in [0.25, 0.3) is 0 Å². The number of aromatic nitrogens is 4. The summed E-state index contributed by atoms with van der Waals surface area (Å²) < 4.78 is 1.75. The van der Waals surface area contributed by atoms with Gasteiger partial charge in [0.2, 0.25) is 5.95 Å². The fourth-order valence-corrected chi connectivity index (χ4v) is 2.24. The van der Waals surface area contributed by atoms with E-state index in [-0.39, 0.29) is 0 Å². The second-order valence-electron chi connectivity index (χ2n) is 4.90. The van der Waals surface area contributed by atoms with E-state index in [1.165, 1.54) is 5.56 Å². The van der Waals surface area contributed by atoms with Crippen molar-refractivity contribution in [1.82, 2.24) is 19.7 Å². The minimum atomic E-state index is 0.708. The number of hydrogen-bond acceptors (Lipinski definition) is 4. The molecule has 0 unspecified atom stereocenters. The van der Waals surface area contributed by atoms with Crippen LogP contribution in [0.1, 0.15) is 11.4 Å². The Morgan fingerprint density at radius 2 is 2.00 bits per heavy atom. The Morgan fingerprint density at radius 1 is 1.14 bits per heavy atom. The summed E-state index contributed by atoms with van der Waals surface area (Å²) in [4.78, 5) is 8.50. The van der Waals surface area contributed by atoms with Gasteiger partial charge in [0.15, 0.2) is 0 Å². The first-order valence-corrected chi connectivity index (χ1v) is 6.83. The highest BCUT2D eigenvalue weighted by Crippen LogP contribution is 2.19. The van der Waals surface area contributed by atoms with E-state index in [4.69, 9.17) is 0 Å². The normalized spacial score (nSPS) is 10.6. The SMILES string of the molecule is Cc1nc(NCc2cccc(-c3cccnc3)c2)n(C)n1. The van der Waals surface area contributed by atoms with Gasteiger partial charge in [-0.05, 0) is 35.7 Å². The first kappa shape index (κ1) is 13.3. The van der Waals surface area contributed by atoms with Crippen LogP contribution in [0.2, 0.25) is 0 Å². The number of benzene rings is 1. The van der Waals surface area contributed by atoms with Crippen LogP contribution in [0.5, 0.6) is 0 Å². The second kappa shape index (κ2) is 5.75. The van der Waals surface area contributed by atoms with Gasteiger partial charge in [-0.2, -0.15) is 10.1 Å². The van der Waals surface area contributed by atoms with Crippen LogP contribution in [0.3, 0.4) is 0 Å². The summed E-state index contributed by atoms with van der Waals surface area (Å²) in [6, 6.07) is 12.4. The van der Waals surface area contributed by atoms with E-state index in [0.29, 0.717) is 6.54 Å². The lowest BCUT2D eigenvalue weighted by atomic mass is 10.0. The first-order valence-electron chi connectivity index (χ1n) is 6.83. The summed E-state index contributed by atoms with van der Waals surface area (Å²) in [6.45, 7) is 2.59. The second-order valence-corrected chi connectivity index (χ2v) is 4.90. The van der Waals surface area contributed by atoms with Crippen LogP contribution >= 0.6 is 0 Å². The highest BCUT2D eigenvalue weighted by molar-refractivity contribution is 5.63. The Hall–Kier alpha value is -2.69.